The third kappa shape index (κ3) is 3.04. The van der Waals surface area contributed by atoms with Crippen LogP contribution in [0.3, 0.4) is 0 Å². The van der Waals surface area contributed by atoms with Gasteiger partial charge in [-0.15, -0.1) is 0 Å². The largest absolute Gasteiger partial charge is 0.384 e. The fourth-order valence-electron chi connectivity index (χ4n) is 3.53. The summed E-state index contributed by atoms with van der Waals surface area (Å²) in [6.45, 7) is 3.84. The molecule has 1 aromatic heterocycles. The summed E-state index contributed by atoms with van der Waals surface area (Å²) < 4.78 is 1.06. The number of pyridine rings is 1. The van der Waals surface area contributed by atoms with Gasteiger partial charge in [0.25, 0.3) is 23.3 Å². The molecule has 0 bridgehead atoms. The van der Waals surface area contributed by atoms with Crippen molar-refractivity contribution in [2.45, 2.75) is 13.8 Å². The van der Waals surface area contributed by atoms with E-state index in [0.717, 1.165) is 21.8 Å². The lowest BCUT2D eigenvalue weighted by atomic mass is 10.1. The lowest BCUT2D eigenvalue weighted by molar-refractivity contribution is 0.0879. The molecule has 4 N–H and O–H groups in total. The van der Waals surface area contributed by atoms with E-state index in [4.69, 9.17) is 5.73 Å². The third-order valence-corrected chi connectivity index (χ3v) is 4.97. The van der Waals surface area contributed by atoms with Crippen LogP contribution in [0.25, 0.3) is 5.69 Å². The zero-order chi connectivity index (χ0) is 21.6. The number of hydrogen-bond acceptors (Lipinski definition) is 5. The first-order valence-electron chi connectivity index (χ1n) is 9.17. The van der Waals surface area contributed by atoms with E-state index in [9.17, 15) is 19.2 Å². The Labute approximate surface area is 171 Å². The molecule has 0 atom stereocenters. The molecule has 2 aromatic carbocycles. The Balaban J connectivity index is 1.83. The molecule has 0 radical (unpaired) electrons. The van der Waals surface area contributed by atoms with Gasteiger partial charge in [-0.3, -0.25) is 29.1 Å². The molecule has 8 heteroatoms. The highest BCUT2D eigenvalue weighted by Crippen LogP contribution is 2.25. The van der Waals surface area contributed by atoms with Crippen molar-refractivity contribution < 1.29 is 14.4 Å². The SMILES string of the molecule is Cc1ccc(NC(=O)c2ccccc2-n2c(N)c3c(cc2=O)C(=O)NC3=O)c(C)c1. The van der Waals surface area contributed by atoms with Gasteiger partial charge in [0.05, 0.1) is 22.4 Å². The van der Waals surface area contributed by atoms with Crippen LogP contribution in [-0.4, -0.2) is 22.3 Å². The second-order valence-corrected chi connectivity index (χ2v) is 7.06. The highest BCUT2D eigenvalue weighted by Gasteiger charge is 2.32. The number of amides is 3. The van der Waals surface area contributed by atoms with Crippen LogP contribution < -0.4 is 21.9 Å². The molecule has 3 amide bonds. The van der Waals surface area contributed by atoms with E-state index >= 15 is 0 Å². The number of anilines is 2. The van der Waals surface area contributed by atoms with E-state index in [-0.39, 0.29) is 28.2 Å². The van der Waals surface area contributed by atoms with Crippen LogP contribution in [0, 0.1) is 13.8 Å². The monoisotopic (exact) mass is 402 g/mol. The van der Waals surface area contributed by atoms with E-state index in [0.29, 0.717) is 5.69 Å². The van der Waals surface area contributed by atoms with Gasteiger partial charge in [0, 0.05) is 11.8 Å². The van der Waals surface area contributed by atoms with Crippen molar-refractivity contribution in [3.8, 4) is 5.69 Å². The van der Waals surface area contributed by atoms with Gasteiger partial charge in [0.2, 0.25) is 0 Å². The topological polar surface area (TPSA) is 123 Å². The number of benzene rings is 2. The number of para-hydroxylation sites is 1. The van der Waals surface area contributed by atoms with Crippen LogP contribution in [0.5, 0.6) is 0 Å². The number of rotatable bonds is 3. The minimum atomic E-state index is -0.682. The van der Waals surface area contributed by atoms with E-state index < -0.39 is 23.3 Å². The smallest absolute Gasteiger partial charge is 0.262 e. The summed E-state index contributed by atoms with van der Waals surface area (Å²) in [4.78, 5) is 49.7. The molecule has 8 nitrogen and oxygen atoms in total. The first kappa shape index (κ1) is 19.1. The summed E-state index contributed by atoms with van der Waals surface area (Å²) in [5.41, 5.74) is 8.32. The maximum absolute atomic E-state index is 13.0. The summed E-state index contributed by atoms with van der Waals surface area (Å²) in [6, 6.07) is 13.1. The Morgan fingerprint density at radius 3 is 2.47 bits per heavy atom. The molecule has 2 heterocycles. The van der Waals surface area contributed by atoms with Crippen LogP contribution in [0.1, 0.15) is 42.2 Å². The van der Waals surface area contributed by atoms with Crippen molar-refractivity contribution in [2.75, 3.05) is 11.1 Å². The second kappa shape index (κ2) is 7.00. The van der Waals surface area contributed by atoms with Gasteiger partial charge in [-0.25, -0.2) is 0 Å². The van der Waals surface area contributed by atoms with Crippen molar-refractivity contribution in [3.05, 3.63) is 86.7 Å². The minimum absolute atomic E-state index is 0.0732. The first-order valence-corrected chi connectivity index (χ1v) is 9.17. The van der Waals surface area contributed by atoms with Gasteiger partial charge in [-0.1, -0.05) is 29.8 Å². The predicted octanol–water partition coefficient (Wildman–Crippen LogP) is 2.17. The molecule has 0 spiro atoms. The van der Waals surface area contributed by atoms with Gasteiger partial charge in [0.15, 0.2) is 0 Å². The van der Waals surface area contributed by atoms with Crippen LogP contribution in [0.4, 0.5) is 11.5 Å². The fourth-order valence-corrected chi connectivity index (χ4v) is 3.53. The van der Waals surface area contributed by atoms with Crippen LogP contribution in [-0.2, 0) is 0 Å². The number of aromatic nitrogens is 1. The maximum Gasteiger partial charge on any atom is 0.262 e. The van der Waals surface area contributed by atoms with Gasteiger partial charge >= 0.3 is 0 Å². The van der Waals surface area contributed by atoms with Crippen molar-refractivity contribution >= 4 is 29.2 Å². The molecule has 30 heavy (non-hydrogen) atoms. The summed E-state index contributed by atoms with van der Waals surface area (Å²) in [6.07, 6.45) is 0. The highest BCUT2D eigenvalue weighted by molar-refractivity contribution is 6.23. The van der Waals surface area contributed by atoms with Gasteiger partial charge in [-0.2, -0.15) is 0 Å². The molecule has 150 valence electrons. The minimum Gasteiger partial charge on any atom is -0.384 e. The van der Waals surface area contributed by atoms with Gasteiger partial charge < -0.3 is 11.1 Å². The summed E-state index contributed by atoms with van der Waals surface area (Å²) >= 11 is 0. The van der Waals surface area contributed by atoms with Crippen molar-refractivity contribution in [2.24, 2.45) is 0 Å². The van der Waals surface area contributed by atoms with Crippen molar-refractivity contribution in [3.63, 3.8) is 0 Å². The number of hydrogen-bond donors (Lipinski definition) is 3. The summed E-state index contributed by atoms with van der Waals surface area (Å²) in [5.74, 6) is -2.00. The molecular weight excluding hydrogens is 384 g/mol. The Morgan fingerprint density at radius 1 is 1.00 bits per heavy atom. The highest BCUT2D eigenvalue weighted by atomic mass is 16.2. The summed E-state index contributed by atoms with van der Waals surface area (Å²) in [7, 11) is 0. The zero-order valence-electron chi connectivity index (χ0n) is 16.3. The molecule has 0 saturated carbocycles. The van der Waals surface area contributed by atoms with Crippen LogP contribution >= 0.6 is 0 Å². The molecule has 0 fully saturated rings. The number of nitrogens with two attached hydrogens (primary N) is 1. The van der Waals surface area contributed by atoms with Crippen molar-refractivity contribution in [1.29, 1.82) is 0 Å². The van der Waals surface area contributed by atoms with Crippen LogP contribution in [0.2, 0.25) is 0 Å². The number of aryl methyl sites for hydroxylation is 2. The molecule has 3 aromatic rings. The first-order chi connectivity index (χ1) is 14.3. The number of nitrogens with zero attached hydrogens (tertiary/aromatic N) is 1. The third-order valence-electron chi connectivity index (χ3n) is 4.97. The fraction of sp³-hybridized carbons (Fsp3) is 0.0909. The predicted molar refractivity (Wildman–Crippen MR) is 112 cm³/mol. The molecule has 0 unspecified atom stereocenters. The van der Waals surface area contributed by atoms with E-state index in [1.807, 2.05) is 26.0 Å². The maximum atomic E-state index is 13.0. The number of fused-ring (bicyclic) bond motifs is 1. The molecule has 1 aliphatic rings. The molecule has 0 saturated heterocycles. The average Bonchev–Trinajstić information content (AvgIpc) is 2.98. The Morgan fingerprint density at radius 2 is 1.73 bits per heavy atom. The summed E-state index contributed by atoms with van der Waals surface area (Å²) in [5, 5.41) is 4.96. The van der Waals surface area contributed by atoms with Crippen molar-refractivity contribution in [1.82, 2.24) is 9.88 Å². The van der Waals surface area contributed by atoms with Gasteiger partial charge in [0.1, 0.15) is 5.82 Å². The zero-order valence-corrected chi connectivity index (χ0v) is 16.3. The number of nitrogen functional groups attached to an aromatic ring is 1. The molecule has 0 aliphatic carbocycles. The standard InChI is InChI=1S/C22H18N4O4/c1-11-7-8-15(12(2)9-11)24-20(28)13-5-3-4-6-16(13)26-17(27)10-14-18(19(26)23)22(30)25-21(14)29/h3-10H,23H2,1-2H3,(H,24,28)(H,25,29,30). The number of carbonyl (C=O) groups excluding carboxylic acids is 3. The number of carbonyl (C=O) groups is 3. The lowest BCUT2D eigenvalue weighted by Gasteiger charge is -2.16. The Kier molecular flexibility index (Phi) is 4.46. The second-order valence-electron chi connectivity index (χ2n) is 7.06. The number of nitrogens with one attached hydrogen (secondary N) is 2. The van der Waals surface area contributed by atoms with E-state index in [1.54, 1.807) is 30.3 Å². The molecule has 1 aliphatic heterocycles. The number of imide groups is 1. The quantitative estimate of drug-likeness (QED) is 0.580. The van der Waals surface area contributed by atoms with E-state index in [1.165, 1.54) is 0 Å². The molecule has 4 rings (SSSR count). The Bertz CT molecular complexity index is 1310. The molecular formula is C22H18N4O4. The lowest BCUT2D eigenvalue weighted by Crippen LogP contribution is -2.26. The average molecular weight is 402 g/mol. The normalized spacial score (nSPS) is 12.5. The van der Waals surface area contributed by atoms with E-state index in [2.05, 4.69) is 10.6 Å². The van der Waals surface area contributed by atoms with Crippen LogP contribution in [0.15, 0.2) is 53.3 Å². The van der Waals surface area contributed by atoms with Gasteiger partial charge in [-0.05, 0) is 37.6 Å². The Hall–Kier alpha value is -4.20.